The van der Waals surface area contributed by atoms with Gasteiger partial charge in [-0.3, -0.25) is 0 Å². The van der Waals surface area contributed by atoms with Crippen LogP contribution in [0.2, 0.25) is 0 Å². The maximum atomic E-state index is 9.20. The molecule has 0 atom stereocenters. The molecule has 68 heavy (non-hydrogen) atoms. The van der Waals surface area contributed by atoms with Gasteiger partial charge >= 0.3 is 0 Å². The highest BCUT2D eigenvalue weighted by atomic mass is 15.2. The maximum absolute atomic E-state index is 9.20. The van der Waals surface area contributed by atoms with Gasteiger partial charge < -0.3 is 9.80 Å². The lowest BCUT2D eigenvalue weighted by Crippen LogP contribution is -2.28. The summed E-state index contributed by atoms with van der Waals surface area (Å²) < 4.78 is 0. The molecule has 0 bridgehead atoms. The molecule has 0 radical (unpaired) electrons. The highest BCUT2D eigenvalue weighted by molar-refractivity contribution is 6.06. The Labute approximate surface area is 402 Å². The third-order valence-corrected chi connectivity index (χ3v) is 12.5. The molecule has 9 rings (SSSR count). The van der Waals surface area contributed by atoms with Crippen LogP contribution in [0.25, 0.3) is 54.2 Å². The minimum Gasteiger partial charge on any atom is -0.319 e. The Balaban J connectivity index is 1.41. The molecule has 0 aliphatic heterocycles. The zero-order valence-corrected chi connectivity index (χ0v) is 39.6. The van der Waals surface area contributed by atoms with Gasteiger partial charge in [0.25, 0.3) is 0 Å². The van der Waals surface area contributed by atoms with Gasteiger partial charge in [-0.05, 0) is 115 Å². The summed E-state index contributed by atoms with van der Waals surface area (Å²) in [6, 6.07) is 76.3. The number of rotatable bonds is 10. The monoisotopic (exact) mass is 878 g/mol. The van der Waals surface area contributed by atoms with E-state index in [1.165, 1.54) is 0 Å². The zero-order chi connectivity index (χ0) is 47.4. The zero-order valence-electron chi connectivity index (χ0n) is 39.6. The molecule has 0 aliphatic rings. The molecule has 0 amide bonds. The molecule has 0 aliphatic carbocycles. The SMILES string of the molecule is [C-]#[N+]c1c([N+]#[C-])c(C(C)(C)C)c(C(C)(C)C)c(N(c2ccc(-c3ccccc3)cc2)c2ccc(-c3ccccc3)cc2)c1N(c1ccc(-c2ccccc2)cc1)c1ccc(-c2ccccc2)cc1. The van der Waals surface area contributed by atoms with Gasteiger partial charge in [-0.1, -0.05) is 211 Å². The Morgan fingerprint density at radius 2 is 0.515 bits per heavy atom. The molecule has 9 aromatic rings. The summed E-state index contributed by atoms with van der Waals surface area (Å²) >= 11 is 0. The molecular weight excluding hydrogens is 825 g/mol. The third kappa shape index (κ3) is 8.93. The number of benzene rings is 9. The molecule has 0 unspecified atom stereocenters. The molecule has 0 saturated carbocycles. The third-order valence-electron chi connectivity index (χ3n) is 12.5. The lowest BCUT2D eigenvalue weighted by atomic mass is 9.72. The minimum atomic E-state index is -0.519. The van der Waals surface area contributed by atoms with Crippen LogP contribution in [0.1, 0.15) is 52.7 Å². The number of anilines is 6. The second-order valence-electron chi connectivity index (χ2n) is 19.2. The van der Waals surface area contributed by atoms with Crippen LogP contribution in [0.15, 0.2) is 218 Å². The lowest BCUT2D eigenvalue weighted by Gasteiger charge is -2.42. The van der Waals surface area contributed by atoms with E-state index in [2.05, 4.69) is 255 Å². The van der Waals surface area contributed by atoms with E-state index < -0.39 is 10.8 Å². The summed E-state index contributed by atoms with van der Waals surface area (Å²) in [6.45, 7) is 31.4. The Morgan fingerprint density at radius 1 is 0.279 bits per heavy atom. The van der Waals surface area contributed by atoms with Crippen molar-refractivity contribution in [2.75, 3.05) is 9.80 Å². The van der Waals surface area contributed by atoms with Crippen LogP contribution in [0, 0.1) is 13.1 Å². The van der Waals surface area contributed by atoms with Crippen molar-refractivity contribution in [1.29, 1.82) is 0 Å². The quantitative estimate of drug-likeness (QED) is 0.127. The molecule has 9 aromatic carbocycles. The normalized spacial score (nSPS) is 11.4. The first-order chi connectivity index (χ1) is 32.9. The van der Waals surface area contributed by atoms with Crippen molar-refractivity contribution in [1.82, 2.24) is 0 Å². The van der Waals surface area contributed by atoms with Crippen LogP contribution in [-0.4, -0.2) is 0 Å². The van der Waals surface area contributed by atoms with Crippen LogP contribution in [-0.2, 0) is 10.8 Å². The molecule has 0 N–H and O–H groups in total. The van der Waals surface area contributed by atoms with E-state index in [0.29, 0.717) is 17.1 Å². The van der Waals surface area contributed by atoms with Gasteiger partial charge in [-0.25, -0.2) is 9.69 Å². The summed E-state index contributed by atoms with van der Waals surface area (Å²) in [6.07, 6.45) is 0. The van der Waals surface area contributed by atoms with E-state index in [4.69, 9.17) is 6.57 Å². The molecule has 4 heteroatoms. The summed E-state index contributed by atoms with van der Waals surface area (Å²) in [5.41, 5.74) is 15.4. The molecule has 0 heterocycles. The number of hydrogen-bond acceptors (Lipinski definition) is 2. The first-order valence-electron chi connectivity index (χ1n) is 23.2. The molecule has 330 valence electrons. The first-order valence-corrected chi connectivity index (χ1v) is 23.2. The van der Waals surface area contributed by atoms with E-state index >= 15 is 0 Å². The Hall–Kier alpha value is -8.44. The fourth-order valence-electron chi connectivity index (χ4n) is 9.35. The van der Waals surface area contributed by atoms with Crippen LogP contribution < -0.4 is 9.80 Å². The van der Waals surface area contributed by atoms with Gasteiger partial charge in [0, 0.05) is 22.7 Å². The molecule has 0 spiro atoms. The average molecular weight is 879 g/mol. The van der Waals surface area contributed by atoms with Gasteiger partial charge in [0.15, 0.2) is 0 Å². The average Bonchev–Trinajstić information content (AvgIpc) is 3.37. The van der Waals surface area contributed by atoms with Crippen molar-refractivity contribution >= 4 is 45.5 Å². The fraction of sp³-hybridized carbons (Fsp3) is 0.125. The molecule has 0 fully saturated rings. The Bertz CT molecular complexity index is 3080. The molecule has 0 aromatic heterocycles. The van der Waals surface area contributed by atoms with Gasteiger partial charge in [0.1, 0.15) is 0 Å². The van der Waals surface area contributed by atoms with Gasteiger partial charge in [0.2, 0.25) is 11.4 Å². The summed E-state index contributed by atoms with van der Waals surface area (Å²) in [5.74, 6) is 0. The summed E-state index contributed by atoms with van der Waals surface area (Å²) in [5, 5.41) is 0. The highest BCUT2D eigenvalue weighted by Crippen LogP contribution is 2.61. The van der Waals surface area contributed by atoms with Crippen molar-refractivity contribution in [3.8, 4) is 44.5 Å². The van der Waals surface area contributed by atoms with E-state index in [-0.39, 0.29) is 0 Å². The fourth-order valence-corrected chi connectivity index (χ4v) is 9.35. The first kappa shape index (κ1) is 44.7. The Morgan fingerprint density at radius 3 is 0.750 bits per heavy atom. The predicted octanol–water partition coefficient (Wildman–Crippen LogP) is 19.0. The van der Waals surface area contributed by atoms with E-state index in [9.17, 15) is 6.57 Å². The standard InChI is InChI=1S/C64H54N4/c1-63(2,3)57-58(64(4,5)6)61(67(53-37-29-49(30-38-53)45-21-13-9-14-22-45)54-39-31-50(32-40-54)46-23-15-10-16-24-46)62(60(66-8)59(57)65-7)68(55-41-33-51(34-42-55)47-25-17-11-18-26-47)56-43-35-52(36-44-56)48-27-19-12-20-28-48/h9-44H,1-6H3. The smallest absolute Gasteiger partial charge is 0.220 e. The van der Waals surface area contributed by atoms with E-state index in [0.717, 1.165) is 84.1 Å². The van der Waals surface area contributed by atoms with Gasteiger partial charge in [0.05, 0.1) is 24.5 Å². The summed E-state index contributed by atoms with van der Waals surface area (Å²) in [7, 11) is 0. The minimum absolute atomic E-state index is 0.305. The van der Waals surface area contributed by atoms with Crippen molar-refractivity contribution in [3.63, 3.8) is 0 Å². The van der Waals surface area contributed by atoms with Crippen LogP contribution in [0.4, 0.5) is 45.5 Å². The van der Waals surface area contributed by atoms with Crippen molar-refractivity contribution < 1.29 is 0 Å². The number of hydrogen-bond donors (Lipinski definition) is 0. The van der Waals surface area contributed by atoms with Crippen LogP contribution >= 0.6 is 0 Å². The number of nitrogens with zero attached hydrogens (tertiary/aromatic N) is 4. The summed E-state index contributed by atoms with van der Waals surface area (Å²) in [4.78, 5) is 13.3. The lowest BCUT2D eigenvalue weighted by molar-refractivity contribution is 0.533. The van der Waals surface area contributed by atoms with E-state index in [1.54, 1.807) is 0 Å². The van der Waals surface area contributed by atoms with Crippen molar-refractivity contribution in [3.05, 3.63) is 252 Å². The largest absolute Gasteiger partial charge is 0.319 e. The second-order valence-corrected chi connectivity index (χ2v) is 19.2. The molecule has 4 nitrogen and oxygen atoms in total. The van der Waals surface area contributed by atoms with Gasteiger partial charge in [-0.2, -0.15) is 0 Å². The van der Waals surface area contributed by atoms with Crippen molar-refractivity contribution in [2.45, 2.75) is 52.4 Å². The maximum Gasteiger partial charge on any atom is 0.220 e. The van der Waals surface area contributed by atoms with Crippen LogP contribution in [0.5, 0.6) is 0 Å². The van der Waals surface area contributed by atoms with Gasteiger partial charge in [-0.15, -0.1) is 0 Å². The van der Waals surface area contributed by atoms with Crippen molar-refractivity contribution in [2.24, 2.45) is 0 Å². The predicted molar refractivity (Wildman–Crippen MR) is 287 cm³/mol. The Kier molecular flexibility index (Phi) is 12.4. The van der Waals surface area contributed by atoms with E-state index in [1.807, 2.05) is 24.3 Å². The topological polar surface area (TPSA) is 15.2 Å². The molecule has 0 saturated heterocycles. The second kappa shape index (κ2) is 18.8. The molecular formula is C64H54N4. The van der Waals surface area contributed by atoms with Crippen LogP contribution in [0.3, 0.4) is 0 Å². The highest BCUT2D eigenvalue weighted by Gasteiger charge is 2.39.